The van der Waals surface area contributed by atoms with E-state index in [9.17, 15) is 0 Å². The molecule has 2 fully saturated rings. The van der Waals surface area contributed by atoms with Crippen molar-refractivity contribution in [3.8, 4) is 0 Å². The maximum Gasteiger partial charge on any atom is 0.0323 e. The SMILES string of the molecule is C[C@H]1CN(C2CCNCC2)CCN1[C@@H](C)c1ccc(Br)cc1. The molecule has 3 rings (SSSR count). The van der Waals surface area contributed by atoms with Gasteiger partial charge in [0, 0.05) is 42.2 Å². The summed E-state index contributed by atoms with van der Waals surface area (Å²) in [6.45, 7) is 10.7. The Morgan fingerprint density at radius 2 is 1.82 bits per heavy atom. The number of hydrogen-bond donors (Lipinski definition) is 1. The quantitative estimate of drug-likeness (QED) is 0.886. The summed E-state index contributed by atoms with van der Waals surface area (Å²) in [6, 6.07) is 10.7. The first-order chi connectivity index (χ1) is 10.6. The van der Waals surface area contributed by atoms with Crippen LogP contribution < -0.4 is 5.32 Å². The smallest absolute Gasteiger partial charge is 0.0323 e. The van der Waals surface area contributed by atoms with Crippen LogP contribution in [-0.4, -0.2) is 54.6 Å². The van der Waals surface area contributed by atoms with Gasteiger partial charge in [-0.2, -0.15) is 0 Å². The van der Waals surface area contributed by atoms with E-state index < -0.39 is 0 Å². The molecule has 2 atom stereocenters. The van der Waals surface area contributed by atoms with Crippen molar-refractivity contribution in [1.82, 2.24) is 15.1 Å². The van der Waals surface area contributed by atoms with Gasteiger partial charge in [0.2, 0.25) is 0 Å². The van der Waals surface area contributed by atoms with Crippen molar-refractivity contribution in [2.45, 2.75) is 44.8 Å². The van der Waals surface area contributed by atoms with Crippen LogP contribution >= 0.6 is 15.9 Å². The van der Waals surface area contributed by atoms with Gasteiger partial charge in [-0.15, -0.1) is 0 Å². The van der Waals surface area contributed by atoms with Crippen LogP contribution in [0.1, 0.15) is 38.3 Å². The molecule has 2 aliphatic heterocycles. The van der Waals surface area contributed by atoms with Crippen molar-refractivity contribution in [2.24, 2.45) is 0 Å². The largest absolute Gasteiger partial charge is 0.317 e. The van der Waals surface area contributed by atoms with E-state index in [1.54, 1.807) is 0 Å². The lowest BCUT2D eigenvalue weighted by Crippen LogP contribution is -2.56. The third-order valence-corrected chi connectivity index (χ3v) is 5.91. The Labute approximate surface area is 143 Å². The maximum atomic E-state index is 3.53. The van der Waals surface area contributed by atoms with Crippen molar-refractivity contribution in [1.29, 1.82) is 0 Å². The van der Waals surface area contributed by atoms with Crippen molar-refractivity contribution in [3.63, 3.8) is 0 Å². The van der Waals surface area contributed by atoms with Crippen molar-refractivity contribution in [2.75, 3.05) is 32.7 Å². The minimum absolute atomic E-state index is 0.498. The molecule has 0 radical (unpaired) electrons. The van der Waals surface area contributed by atoms with E-state index >= 15 is 0 Å². The van der Waals surface area contributed by atoms with E-state index in [1.807, 2.05) is 0 Å². The number of nitrogens with one attached hydrogen (secondary N) is 1. The molecule has 2 heterocycles. The van der Waals surface area contributed by atoms with Gasteiger partial charge in [-0.3, -0.25) is 9.80 Å². The standard InChI is InChI=1S/C18H28BrN3/c1-14-13-21(18-7-9-20-10-8-18)11-12-22(14)15(2)16-3-5-17(19)6-4-16/h3-6,14-15,18,20H,7-13H2,1-2H3/t14-,15-/m0/s1. The van der Waals surface area contributed by atoms with Crippen LogP contribution in [0, 0.1) is 0 Å². The van der Waals surface area contributed by atoms with Gasteiger partial charge in [0.1, 0.15) is 0 Å². The Balaban J connectivity index is 1.61. The van der Waals surface area contributed by atoms with E-state index in [0.29, 0.717) is 12.1 Å². The van der Waals surface area contributed by atoms with Gasteiger partial charge in [-0.25, -0.2) is 0 Å². The van der Waals surface area contributed by atoms with Crippen LogP contribution in [0.15, 0.2) is 28.7 Å². The zero-order valence-electron chi connectivity index (χ0n) is 13.8. The Hall–Kier alpha value is -0.420. The van der Waals surface area contributed by atoms with Gasteiger partial charge in [-0.05, 0) is 57.5 Å². The fraction of sp³-hybridized carbons (Fsp3) is 0.667. The zero-order chi connectivity index (χ0) is 15.5. The van der Waals surface area contributed by atoms with Crippen LogP contribution in [0.4, 0.5) is 0 Å². The van der Waals surface area contributed by atoms with Crippen LogP contribution in [0.3, 0.4) is 0 Å². The van der Waals surface area contributed by atoms with Crippen molar-refractivity contribution >= 4 is 15.9 Å². The summed E-state index contributed by atoms with van der Waals surface area (Å²) in [5.41, 5.74) is 1.42. The molecule has 4 heteroatoms. The van der Waals surface area contributed by atoms with Gasteiger partial charge in [0.25, 0.3) is 0 Å². The average molecular weight is 366 g/mol. The molecule has 22 heavy (non-hydrogen) atoms. The molecule has 1 aromatic carbocycles. The molecule has 2 saturated heterocycles. The third-order valence-electron chi connectivity index (χ3n) is 5.39. The minimum Gasteiger partial charge on any atom is -0.317 e. The lowest BCUT2D eigenvalue weighted by Gasteiger charge is -2.46. The van der Waals surface area contributed by atoms with Gasteiger partial charge in [-0.1, -0.05) is 28.1 Å². The molecule has 0 saturated carbocycles. The molecule has 0 bridgehead atoms. The number of piperidine rings is 1. The van der Waals surface area contributed by atoms with Gasteiger partial charge in [0.15, 0.2) is 0 Å². The zero-order valence-corrected chi connectivity index (χ0v) is 15.3. The topological polar surface area (TPSA) is 18.5 Å². The summed E-state index contributed by atoms with van der Waals surface area (Å²) < 4.78 is 1.16. The first-order valence-corrected chi connectivity index (χ1v) is 9.40. The summed E-state index contributed by atoms with van der Waals surface area (Å²) in [4.78, 5) is 5.40. The fourth-order valence-electron chi connectivity index (χ4n) is 4.01. The molecule has 1 N–H and O–H groups in total. The number of piperazine rings is 1. The second-order valence-corrected chi connectivity index (χ2v) is 7.71. The molecule has 0 aliphatic carbocycles. The highest BCUT2D eigenvalue weighted by molar-refractivity contribution is 9.10. The Kier molecular flexibility index (Phi) is 5.55. The Bertz CT molecular complexity index is 470. The minimum atomic E-state index is 0.498. The second kappa shape index (κ2) is 7.43. The molecule has 1 aromatic rings. The Morgan fingerprint density at radius 1 is 1.14 bits per heavy atom. The predicted octanol–water partition coefficient (Wildman–Crippen LogP) is 3.27. The molecule has 0 amide bonds. The molecule has 3 nitrogen and oxygen atoms in total. The van der Waals surface area contributed by atoms with Gasteiger partial charge < -0.3 is 5.32 Å². The van der Waals surface area contributed by atoms with Crippen LogP contribution in [0.2, 0.25) is 0 Å². The van der Waals surface area contributed by atoms with Gasteiger partial charge >= 0.3 is 0 Å². The molecule has 0 spiro atoms. The van der Waals surface area contributed by atoms with E-state index in [1.165, 1.54) is 51.1 Å². The Morgan fingerprint density at radius 3 is 2.45 bits per heavy atom. The molecule has 0 aromatic heterocycles. The molecular weight excluding hydrogens is 338 g/mol. The van der Waals surface area contributed by atoms with E-state index in [2.05, 4.69) is 69.2 Å². The molecular formula is C18H28BrN3. The maximum absolute atomic E-state index is 3.53. The summed E-state index contributed by atoms with van der Waals surface area (Å²) in [7, 11) is 0. The van der Waals surface area contributed by atoms with Crippen molar-refractivity contribution < 1.29 is 0 Å². The second-order valence-electron chi connectivity index (χ2n) is 6.79. The monoisotopic (exact) mass is 365 g/mol. The first kappa shape index (κ1) is 16.4. The highest BCUT2D eigenvalue weighted by atomic mass is 79.9. The van der Waals surface area contributed by atoms with Crippen LogP contribution in [0.25, 0.3) is 0 Å². The van der Waals surface area contributed by atoms with E-state index in [0.717, 1.165) is 10.5 Å². The van der Waals surface area contributed by atoms with Crippen LogP contribution in [0.5, 0.6) is 0 Å². The number of benzene rings is 1. The predicted molar refractivity (Wildman–Crippen MR) is 96.2 cm³/mol. The van der Waals surface area contributed by atoms with E-state index in [-0.39, 0.29) is 0 Å². The third kappa shape index (κ3) is 3.73. The van der Waals surface area contributed by atoms with E-state index in [4.69, 9.17) is 0 Å². The number of hydrogen-bond acceptors (Lipinski definition) is 3. The lowest BCUT2D eigenvalue weighted by atomic mass is 10.00. The summed E-state index contributed by atoms with van der Waals surface area (Å²) >= 11 is 3.53. The lowest BCUT2D eigenvalue weighted by molar-refractivity contribution is 0.0243. The molecule has 0 unspecified atom stereocenters. The highest BCUT2D eigenvalue weighted by Gasteiger charge is 2.31. The highest BCUT2D eigenvalue weighted by Crippen LogP contribution is 2.27. The van der Waals surface area contributed by atoms with Crippen molar-refractivity contribution in [3.05, 3.63) is 34.3 Å². The number of rotatable bonds is 3. The fourth-order valence-corrected chi connectivity index (χ4v) is 4.28. The van der Waals surface area contributed by atoms with Gasteiger partial charge in [0.05, 0.1) is 0 Å². The summed E-state index contributed by atoms with van der Waals surface area (Å²) in [6.07, 6.45) is 2.63. The summed E-state index contributed by atoms with van der Waals surface area (Å²) in [5, 5.41) is 3.48. The normalized spacial score (nSPS) is 27.0. The molecule has 122 valence electrons. The first-order valence-electron chi connectivity index (χ1n) is 8.61. The average Bonchev–Trinajstić information content (AvgIpc) is 2.56. The number of nitrogens with zero attached hydrogens (tertiary/aromatic N) is 2. The number of halogens is 1. The summed E-state index contributed by atoms with van der Waals surface area (Å²) in [5.74, 6) is 0. The molecule has 2 aliphatic rings. The van der Waals surface area contributed by atoms with Crippen LogP contribution in [-0.2, 0) is 0 Å².